The molecule has 0 bridgehead atoms. The van der Waals surface area contributed by atoms with Gasteiger partial charge in [0.15, 0.2) is 0 Å². The van der Waals surface area contributed by atoms with Crippen LogP contribution in [0, 0.1) is 0 Å². The second-order valence-corrected chi connectivity index (χ2v) is 8.10. The Labute approximate surface area is 185 Å². The van der Waals surface area contributed by atoms with Gasteiger partial charge in [-0.3, -0.25) is 4.79 Å². The van der Waals surface area contributed by atoms with E-state index in [2.05, 4.69) is 9.88 Å². The fourth-order valence-electron chi connectivity index (χ4n) is 3.81. The van der Waals surface area contributed by atoms with Crippen LogP contribution >= 0.6 is 11.3 Å². The van der Waals surface area contributed by atoms with Crippen LogP contribution in [0.4, 0.5) is 5.69 Å². The van der Waals surface area contributed by atoms with Crippen molar-refractivity contribution in [2.75, 3.05) is 45.3 Å². The third kappa shape index (κ3) is 4.35. The number of hydrogen-bond acceptors (Lipinski definition) is 7. The fourth-order valence-corrected chi connectivity index (χ4v) is 4.44. The first-order chi connectivity index (χ1) is 15.1. The second-order valence-electron chi connectivity index (χ2n) is 7.18. The number of anilines is 1. The number of ether oxygens (including phenoxy) is 2. The molecule has 162 valence electrons. The summed E-state index contributed by atoms with van der Waals surface area (Å²) >= 11 is 1.44. The number of rotatable bonds is 6. The monoisotopic (exact) mass is 439 g/mol. The third-order valence-corrected chi connectivity index (χ3v) is 6.29. The molecule has 1 aromatic heterocycles. The van der Waals surface area contributed by atoms with Gasteiger partial charge in [-0.1, -0.05) is 18.2 Å². The van der Waals surface area contributed by atoms with Crippen molar-refractivity contribution in [2.45, 2.75) is 6.10 Å². The number of carbonyl (C=O) groups is 1. The lowest BCUT2D eigenvalue weighted by atomic mass is 10.1. The van der Waals surface area contributed by atoms with E-state index < -0.39 is 6.10 Å². The van der Waals surface area contributed by atoms with E-state index in [-0.39, 0.29) is 5.91 Å². The Bertz CT molecular complexity index is 1030. The lowest BCUT2D eigenvalue weighted by Gasteiger charge is -2.37. The number of benzene rings is 2. The molecule has 2 aromatic carbocycles. The van der Waals surface area contributed by atoms with Gasteiger partial charge in [0.1, 0.15) is 22.6 Å². The number of para-hydroxylation sites is 1. The van der Waals surface area contributed by atoms with Gasteiger partial charge in [-0.25, -0.2) is 4.98 Å². The summed E-state index contributed by atoms with van der Waals surface area (Å²) < 4.78 is 10.6. The van der Waals surface area contributed by atoms with Gasteiger partial charge in [-0.2, -0.15) is 0 Å². The van der Waals surface area contributed by atoms with E-state index in [0.29, 0.717) is 48.2 Å². The van der Waals surface area contributed by atoms with Gasteiger partial charge in [-0.15, -0.1) is 11.3 Å². The predicted octanol–water partition coefficient (Wildman–Crippen LogP) is 3.20. The van der Waals surface area contributed by atoms with Crippen molar-refractivity contribution in [3.63, 3.8) is 0 Å². The van der Waals surface area contributed by atoms with Gasteiger partial charge < -0.3 is 24.4 Å². The quantitative estimate of drug-likeness (QED) is 0.636. The standard InChI is InChI=1S/C23H25N3O4S/c1-29-16-7-8-18(20(15-16)30-2)23(28)26-12-10-25(11-13-26)19-6-4-3-5-17(19)21(27)22-24-9-14-31-22/h3-9,14-15,21,27H,10-13H2,1-2H3. The molecule has 1 fully saturated rings. The molecule has 0 aliphatic carbocycles. The Kier molecular flexibility index (Phi) is 6.39. The highest BCUT2D eigenvalue weighted by Crippen LogP contribution is 2.32. The summed E-state index contributed by atoms with van der Waals surface area (Å²) in [4.78, 5) is 21.4. The van der Waals surface area contributed by atoms with Crippen LogP contribution in [0.15, 0.2) is 54.0 Å². The molecule has 1 aliphatic heterocycles. The highest BCUT2D eigenvalue weighted by molar-refractivity contribution is 7.09. The highest BCUT2D eigenvalue weighted by Gasteiger charge is 2.27. The van der Waals surface area contributed by atoms with Gasteiger partial charge in [0.05, 0.1) is 19.8 Å². The number of piperazine rings is 1. The van der Waals surface area contributed by atoms with Crippen molar-refractivity contribution in [1.82, 2.24) is 9.88 Å². The zero-order valence-electron chi connectivity index (χ0n) is 17.5. The molecule has 0 saturated carbocycles. The number of aliphatic hydroxyl groups is 1. The minimum absolute atomic E-state index is 0.0599. The molecular weight excluding hydrogens is 414 g/mol. The van der Waals surface area contributed by atoms with Crippen LogP contribution in [0.5, 0.6) is 11.5 Å². The van der Waals surface area contributed by atoms with Crippen molar-refractivity contribution in [2.24, 2.45) is 0 Å². The molecule has 1 atom stereocenters. The Morgan fingerprint density at radius 2 is 1.87 bits per heavy atom. The molecule has 1 amide bonds. The van der Waals surface area contributed by atoms with Gasteiger partial charge in [-0.05, 0) is 18.2 Å². The molecule has 2 heterocycles. The zero-order valence-corrected chi connectivity index (χ0v) is 18.3. The number of amides is 1. The van der Waals surface area contributed by atoms with Gasteiger partial charge in [0, 0.05) is 55.1 Å². The molecular formula is C23H25N3O4S. The van der Waals surface area contributed by atoms with E-state index in [9.17, 15) is 9.90 Å². The number of thiazole rings is 1. The summed E-state index contributed by atoms with van der Waals surface area (Å²) in [5, 5.41) is 13.3. The van der Waals surface area contributed by atoms with Crippen LogP contribution in [0.1, 0.15) is 27.0 Å². The van der Waals surface area contributed by atoms with Crippen LogP contribution < -0.4 is 14.4 Å². The predicted molar refractivity (Wildman–Crippen MR) is 120 cm³/mol. The molecule has 8 heteroatoms. The first kappa shape index (κ1) is 21.1. The molecule has 1 saturated heterocycles. The summed E-state index contributed by atoms with van der Waals surface area (Å²) in [6.07, 6.45) is 0.934. The molecule has 1 unspecified atom stereocenters. The van der Waals surface area contributed by atoms with Crippen LogP contribution in [-0.4, -0.2) is 61.3 Å². The molecule has 1 N–H and O–H groups in total. The number of nitrogens with zero attached hydrogens (tertiary/aromatic N) is 3. The normalized spacial score (nSPS) is 14.9. The van der Waals surface area contributed by atoms with Crippen molar-refractivity contribution in [1.29, 1.82) is 0 Å². The molecule has 31 heavy (non-hydrogen) atoms. The first-order valence-corrected chi connectivity index (χ1v) is 10.9. The zero-order chi connectivity index (χ0) is 21.8. The van der Waals surface area contributed by atoms with Crippen molar-refractivity contribution in [3.8, 4) is 11.5 Å². The molecule has 7 nitrogen and oxygen atoms in total. The topological polar surface area (TPSA) is 75.1 Å². The van der Waals surface area contributed by atoms with E-state index in [1.807, 2.05) is 34.5 Å². The molecule has 1 aliphatic rings. The maximum Gasteiger partial charge on any atom is 0.257 e. The van der Waals surface area contributed by atoms with E-state index in [1.165, 1.54) is 11.3 Å². The third-order valence-electron chi connectivity index (χ3n) is 5.46. The molecule has 3 aromatic rings. The van der Waals surface area contributed by atoms with E-state index in [4.69, 9.17) is 9.47 Å². The van der Waals surface area contributed by atoms with Crippen LogP contribution in [-0.2, 0) is 0 Å². The van der Waals surface area contributed by atoms with Crippen molar-refractivity contribution in [3.05, 3.63) is 70.2 Å². The highest BCUT2D eigenvalue weighted by atomic mass is 32.1. The van der Waals surface area contributed by atoms with Gasteiger partial charge in [0.2, 0.25) is 0 Å². The Morgan fingerprint density at radius 1 is 1.10 bits per heavy atom. The first-order valence-electron chi connectivity index (χ1n) is 10.0. The SMILES string of the molecule is COc1ccc(C(=O)N2CCN(c3ccccc3C(O)c3nccs3)CC2)c(OC)c1. The van der Waals surface area contributed by atoms with Crippen LogP contribution in [0.2, 0.25) is 0 Å². The van der Waals surface area contributed by atoms with Crippen molar-refractivity contribution >= 4 is 22.9 Å². The van der Waals surface area contributed by atoms with Gasteiger partial charge >= 0.3 is 0 Å². The fraction of sp³-hybridized carbons (Fsp3) is 0.304. The maximum atomic E-state index is 13.1. The van der Waals surface area contributed by atoms with Gasteiger partial charge in [0.25, 0.3) is 5.91 Å². The second kappa shape index (κ2) is 9.36. The maximum absolute atomic E-state index is 13.1. The summed E-state index contributed by atoms with van der Waals surface area (Å²) in [7, 11) is 3.13. The van der Waals surface area contributed by atoms with E-state index in [1.54, 1.807) is 38.6 Å². The summed E-state index contributed by atoms with van der Waals surface area (Å²) in [6.45, 7) is 2.50. The lowest BCUT2D eigenvalue weighted by molar-refractivity contribution is 0.0743. The molecule has 0 radical (unpaired) electrons. The Balaban J connectivity index is 1.48. The number of methoxy groups -OCH3 is 2. The van der Waals surface area contributed by atoms with E-state index >= 15 is 0 Å². The summed E-state index contributed by atoms with van der Waals surface area (Å²) in [5.74, 6) is 1.09. The molecule has 4 rings (SSSR count). The largest absolute Gasteiger partial charge is 0.497 e. The Hall–Kier alpha value is -3.10. The Morgan fingerprint density at radius 3 is 2.55 bits per heavy atom. The number of aromatic nitrogens is 1. The average molecular weight is 440 g/mol. The number of carbonyl (C=O) groups excluding carboxylic acids is 1. The molecule has 0 spiro atoms. The van der Waals surface area contributed by atoms with Crippen LogP contribution in [0.3, 0.4) is 0 Å². The van der Waals surface area contributed by atoms with Crippen molar-refractivity contribution < 1.29 is 19.4 Å². The smallest absolute Gasteiger partial charge is 0.257 e. The minimum atomic E-state index is -0.764. The summed E-state index contributed by atoms with van der Waals surface area (Å²) in [5.41, 5.74) is 2.32. The average Bonchev–Trinajstić information content (AvgIpc) is 3.38. The van der Waals surface area contributed by atoms with E-state index in [0.717, 1.165) is 11.3 Å². The summed E-state index contributed by atoms with van der Waals surface area (Å²) in [6, 6.07) is 13.1. The number of aliphatic hydroxyl groups excluding tert-OH is 1. The minimum Gasteiger partial charge on any atom is -0.497 e. The number of hydrogen-bond donors (Lipinski definition) is 1. The lowest BCUT2D eigenvalue weighted by Crippen LogP contribution is -2.49. The van der Waals surface area contributed by atoms with Crippen LogP contribution in [0.25, 0.3) is 0 Å².